The summed E-state index contributed by atoms with van der Waals surface area (Å²) in [5.74, 6) is 2.09. The minimum absolute atomic E-state index is 0.539. The van der Waals surface area contributed by atoms with Crippen molar-refractivity contribution in [2.24, 2.45) is 0 Å². The molecule has 3 aromatic heterocycles. The molecule has 0 spiro atoms. The normalized spacial score (nSPS) is 14.4. The van der Waals surface area contributed by atoms with Gasteiger partial charge in [-0.1, -0.05) is 60.3 Å². The van der Waals surface area contributed by atoms with Crippen LogP contribution in [0, 0.1) is 6.92 Å². The molecule has 1 aliphatic rings. The maximum absolute atomic E-state index is 5.62. The van der Waals surface area contributed by atoms with Gasteiger partial charge >= 0.3 is 0 Å². The molecule has 4 aromatic rings. The summed E-state index contributed by atoms with van der Waals surface area (Å²) in [6.07, 6.45) is 6.68. The highest BCUT2D eigenvalue weighted by Gasteiger charge is 2.18. The molecule has 0 bridgehead atoms. The van der Waals surface area contributed by atoms with Gasteiger partial charge < -0.3 is 19.3 Å². The van der Waals surface area contributed by atoms with E-state index in [-0.39, 0.29) is 0 Å². The van der Waals surface area contributed by atoms with E-state index in [2.05, 4.69) is 105 Å². The Bertz CT molecular complexity index is 1280. The molecule has 36 heavy (non-hydrogen) atoms. The van der Waals surface area contributed by atoms with Crippen LogP contribution in [0.5, 0.6) is 0 Å². The summed E-state index contributed by atoms with van der Waals surface area (Å²) in [6, 6.07) is 14.9. The number of likely N-dealkylation sites (tertiary alicyclic amines) is 1. The topological polar surface area (TPSA) is 72.0 Å². The molecule has 0 radical (unpaired) electrons. The van der Waals surface area contributed by atoms with E-state index in [9.17, 15) is 0 Å². The number of hydrogen-bond donors (Lipinski definition) is 1. The van der Waals surface area contributed by atoms with Crippen molar-refractivity contribution in [3.8, 4) is 22.8 Å². The summed E-state index contributed by atoms with van der Waals surface area (Å²) in [6.45, 7) is 14.3. The molecule has 8 heteroatoms. The molecule has 0 unspecified atom stereocenters. The molecule has 0 atom stereocenters. The van der Waals surface area contributed by atoms with E-state index in [1.165, 1.54) is 31.1 Å². The first-order valence-electron chi connectivity index (χ1n) is 12.9. The van der Waals surface area contributed by atoms with Crippen molar-refractivity contribution in [3.05, 3.63) is 66.1 Å². The SMILES string of the molecule is Cc1cc(-c2nc(-c3ccc([Si](C)(C)C)cc3)no2)cn1Cc1ccc(NCCN2CCCC2)nc1. The molecule has 1 aromatic carbocycles. The van der Waals surface area contributed by atoms with Crippen molar-refractivity contribution in [3.63, 3.8) is 0 Å². The molecular formula is C28H36N6OSi. The van der Waals surface area contributed by atoms with Crippen LogP contribution < -0.4 is 10.5 Å². The highest BCUT2D eigenvalue weighted by molar-refractivity contribution is 6.88. The molecule has 1 saturated heterocycles. The van der Waals surface area contributed by atoms with Gasteiger partial charge in [0.1, 0.15) is 5.82 Å². The number of nitrogens with one attached hydrogen (secondary N) is 1. The van der Waals surface area contributed by atoms with Crippen LogP contribution in [0.2, 0.25) is 19.6 Å². The van der Waals surface area contributed by atoms with Gasteiger partial charge in [-0.15, -0.1) is 0 Å². The second-order valence-electron chi connectivity index (χ2n) is 10.8. The molecular weight excluding hydrogens is 464 g/mol. The van der Waals surface area contributed by atoms with E-state index in [0.717, 1.165) is 47.8 Å². The summed E-state index contributed by atoms with van der Waals surface area (Å²) in [5, 5.41) is 9.09. The van der Waals surface area contributed by atoms with Gasteiger partial charge in [-0.3, -0.25) is 0 Å². The zero-order valence-corrected chi connectivity index (χ0v) is 22.8. The van der Waals surface area contributed by atoms with Crippen molar-refractivity contribution in [1.29, 1.82) is 0 Å². The number of aryl methyl sites for hydroxylation is 1. The maximum atomic E-state index is 5.62. The Kier molecular flexibility index (Phi) is 7.07. The number of nitrogens with zero attached hydrogens (tertiary/aromatic N) is 5. The standard InChI is InChI=1S/C28H36N6OSi/c1-21-17-24(28-31-27(32-35-28)23-8-10-25(11-9-23)36(2,3)4)20-34(21)19-22-7-12-26(30-18-22)29-13-16-33-14-5-6-15-33/h7-12,17-18,20H,5-6,13-16,19H2,1-4H3,(H,29,30). The van der Waals surface area contributed by atoms with E-state index >= 15 is 0 Å². The Balaban J connectivity index is 1.21. The minimum Gasteiger partial charge on any atom is -0.369 e. The second-order valence-corrected chi connectivity index (χ2v) is 15.9. The molecule has 0 aliphatic carbocycles. The van der Waals surface area contributed by atoms with E-state index in [0.29, 0.717) is 11.7 Å². The van der Waals surface area contributed by atoms with Gasteiger partial charge in [0.25, 0.3) is 5.89 Å². The van der Waals surface area contributed by atoms with Gasteiger partial charge in [0.2, 0.25) is 5.82 Å². The summed E-state index contributed by atoms with van der Waals surface area (Å²) in [4.78, 5) is 11.8. The lowest BCUT2D eigenvalue weighted by Gasteiger charge is -2.16. The number of rotatable bonds is 9. The smallest absolute Gasteiger partial charge is 0.259 e. The van der Waals surface area contributed by atoms with Crippen LogP contribution in [-0.2, 0) is 6.54 Å². The van der Waals surface area contributed by atoms with Crippen LogP contribution in [-0.4, -0.2) is 58.8 Å². The number of anilines is 1. The average Bonchev–Trinajstić information content (AvgIpc) is 3.62. The molecule has 188 valence electrons. The third kappa shape index (κ3) is 5.76. The molecule has 1 aliphatic heterocycles. The predicted molar refractivity (Wildman–Crippen MR) is 148 cm³/mol. The lowest BCUT2D eigenvalue weighted by Crippen LogP contribution is -2.37. The van der Waals surface area contributed by atoms with Crippen LogP contribution in [0.4, 0.5) is 5.82 Å². The summed E-state index contributed by atoms with van der Waals surface area (Å²) < 4.78 is 7.82. The number of benzene rings is 1. The number of hydrogen-bond acceptors (Lipinski definition) is 6. The lowest BCUT2D eigenvalue weighted by molar-refractivity contribution is 0.352. The van der Waals surface area contributed by atoms with Crippen LogP contribution >= 0.6 is 0 Å². The van der Waals surface area contributed by atoms with E-state index in [1.807, 2.05) is 6.20 Å². The minimum atomic E-state index is -1.33. The Morgan fingerprint density at radius 3 is 2.47 bits per heavy atom. The Hall–Kier alpha value is -3.23. The van der Waals surface area contributed by atoms with E-state index in [1.54, 1.807) is 0 Å². The first-order valence-corrected chi connectivity index (χ1v) is 16.4. The molecule has 0 amide bonds. The fourth-order valence-corrected chi connectivity index (χ4v) is 5.81. The van der Waals surface area contributed by atoms with Gasteiger partial charge in [-0.25, -0.2) is 4.98 Å². The Labute approximate surface area is 214 Å². The van der Waals surface area contributed by atoms with Gasteiger partial charge in [0.05, 0.1) is 13.6 Å². The quantitative estimate of drug-likeness (QED) is 0.326. The molecule has 4 heterocycles. The first-order chi connectivity index (χ1) is 17.3. The first kappa shape index (κ1) is 24.5. The zero-order valence-electron chi connectivity index (χ0n) is 21.8. The van der Waals surface area contributed by atoms with Crippen LogP contribution in [0.15, 0.2) is 59.4 Å². The molecule has 0 saturated carbocycles. The molecule has 7 nitrogen and oxygen atoms in total. The van der Waals surface area contributed by atoms with Crippen molar-refractivity contribution < 1.29 is 4.52 Å². The van der Waals surface area contributed by atoms with E-state index < -0.39 is 8.07 Å². The fraction of sp³-hybridized carbons (Fsp3) is 0.393. The zero-order chi connectivity index (χ0) is 25.1. The van der Waals surface area contributed by atoms with Crippen molar-refractivity contribution in [2.45, 2.75) is 46.0 Å². The monoisotopic (exact) mass is 500 g/mol. The summed E-state index contributed by atoms with van der Waals surface area (Å²) in [5.41, 5.74) is 4.19. The average molecular weight is 501 g/mol. The van der Waals surface area contributed by atoms with Crippen LogP contribution in [0.1, 0.15) is 24.1 Å². The van der Waals surface area contributed by atoms with Crippen molar-refractivity contribution >= 4 is 19.1 Å². The van der Waals surface area contributed by atoms with Crippen LogP contribution in [0.25, 0.3) is 22.8 Å². The molecule has 5 rings (SSSR count). The highest BCUT2D eigenvalue weighted by atomic mass is 28.3. The van der Waals surface area contributed by atoms with Crippen LogP contribution in [0.3, 0.4) is 0 Å². The molecule has 1 fully saturated rings. The summed E-state index contributed by atoms with van der Waals surface area (Å²) >= 11 is 0. The highest BCUT2D eigenvalue weighted by Crippen LogP contribution is 2.24. The lowest BCUT2D eigenvalue weighted by atomic mass is 10.2. The second kappa shape index (κ2) is 10.4. The van der Waals surface area contributed by atoms with Gasteiger partial charge in [0, 0.05) is 43.3 Å². The van der Waals surface area contributed by atoms with Gasteiger partial charge in [-0.2, -0.15) is 4.98 Å². The Morgan fingerprint density at radius 2 is 1.78 bits per heavy atom. The van der Waals surface area contributed by atoms with Gasteiger partial charge in [0.15, 0.2) is 0 Å². The third-order valence-corrected chi connectivity index (χ3v) is 8.97. The maximum Gasteiger partial charge on any atom is 0.259 e. The summed E-state index contributed by atoms with van der Waals surface area (Å²) in [7, 11) is -1.33. The number of aromatic nitrogens is 4. The largest absolute Gasteiger partial charge is 0.369 e. The third-order valence-electron chi connectivity index (χ3n) is 6.90. The predicted octanol–water partition coefficient (Wildman–Crippen LogP) is 5.01. The van der Waals surface area contributed by atoms with Crippen molar-refractivity contribution in [1.82, 2.24) is 24.6 Å². The number of pyridine rings is 1. The fourth-order valence-electron chi connectivity index (χ4n) is 4.65. The van der Waals surface area contributed by atoms with Crippen molar-refractivity contribution in [2.75, 3.05) is 31.5 Å². The van der Waals surface area contributed by atoms with Gasteiger partial charge in [-0.05, 0) is 50.6 Å². The molecule has 1 N–H and O–H groups in total. The van der Waals surface area contributed by atoms with E-state index in [4.69, 9.17) is 4.52 Å². The Morgan fingerprint density at radius 1 is 1.00 bits per heavy atom.